The van der Waals surface area contributed by atoms with Crippen molar-refractivity contribution in [3.63, 3.8) is 0 Å². The topological polar surface area (TPSA) is 46.8 Å². The van der Waals surface area contributed by atoms with E-state index in [9.17, 15) is 0 Å². The quantitative estimate of drug-likeness (QED) is 0.550. The third-order valence-corrected chi connectivity index (χ3v) is 6.01. The van der Waals surface area contributed by atoms with E-state index in [0.29, 0.717) is 6.04 Å². The number of benzene rings is 2. The predicted molar refractivity (Wildman–Crippen MR) is 104 cm³/mol. The molecule has 1 unspecified atom stereocenters. The molecule has 0 spiro atoms. The molecule has 0 amide bonds. The van der Waals surface area contributed by atoms with E-state index in [4.69, 9.17) is 0 Å². The van der Waals surface area contributed by atoms with Gasteiger partial charge in [0.15, 0.2) is 5.82 Å². The third kappa shape index (κ3) is 2.62. The standard InChI is InChI=1S/C20H19N5S/c1-14(16-7-8-18-17(11-16)21-13-26-18)24-9-10-25-19(12-24)22-23-20(25)15-5-3-2-4-6-15/h2-8,11,13-14H,9-10,12H2,1H3. The highest BCUT2D eigenvalue weighted by molar-refractivity contribution is 7.16. The molecular weight excluding hydrogens is 342 g/mol. The Morgan fingerprint density at radius 3 is 2.81 bits per heavy atom. The molecular formula is C20H19N5S. The van der Waals surface area contributed by atoms with Crippen molar-refractivity contribution in [2.75, 3.05) is 6.54 Å². The molecule has 0 saturated heterocycles. The first-order chi connectivity index (χ1) is 12.8. The normalized spacial score (nSPS) is 15.9. The molecule has 0 fully saturated rings. The highest BCUT2D eigenvalue weighted by atomic mass is 32.1. The SMILES string of the molecule is CC(c1ccc2scnc2c1)N1CCn2c(nnc2-c2ccccc2)C1. The molecule has 5 nitrogen and oxygen atoms in total. The maximum atomic E-state index is 4.46. The molecule has 2 aromatic heterocycles. The van der Waals surface area contributed by atoms with Crippen molar-refractivity contribution >= 4 is 21.6 Å². The van der Waals surface area contributed by atoms with Gasteiger partial charge < -0.3 is 4.57 Å². The smallest absolute Gasteiger partial charge is 0.164 e. The Balaban J connectivity index is 1.41. The fraction of sp³-hybridized carbons (Fsp3) is 0.250. The molecule has 0 radical (unpaired) electrons. The van der Waals surface area contributed by atoms with E-state index < -0.39 is 0 Å². The van der Waals surface area contributed by atoms with Crippen molar-refractivity contribution < 1.29 is 0 Å². The van der Waals surface area contributed by atoms with Gasteiger partial charge in [0.05, 0.1) is 22.3 Å². The van der Waals surface area contributed by atoms with Gasteiger partial charge in [0, 0.05) is 24.7 Å². The maximum absolute atomic E-state index is 4.46. The van der Waals surface area contributed by atoms with Gasteiger partial charge in [0.1, 0.15) is 5.82 Å². The highest BCUT2D eigenvalue weighted by Crippen LogP contribution is 2.29. The van der Waals surface area contributed by atoms with Crippen molar-refractivity contribution in [1.29, 1.82) is 0 Å². The van der Waals surface area contributed by atoms with Crippen LogP contribution in [0.2, 0.25) is 0 Å². The molecule has 130 valence electrons. The van der Waals surface area contributed by atoms with E-state index in [2.05, 4.69) is 61.9 Å². The average molecular weight is 361 g/mol. The van der Waals surface area contributed by atoms with E-state index in [1.54, 1.807) is 11.3 Å². The minimum absolute atomic E-state index is 0.326. The molecule has 5 rings (SSSR count). The minimum Gasteiger partial charge on any atom is -0.309 e. The number of aromatic nitrogens is 4. The minimum atomic E-state index is 0.326. The summed E-state index contributed by atoms with van der Waals surface area (Å²) in [6, 6.07) is 17.2. The highest BCUT2D eigenvalue weighted by Gasteiger charge is 2.25. The Morgan fingerprint density at radius 1 is 1.04 bits per heavy atom. The summed E-state index contributed by atoms with van der Waals surface area (Å²) in [5, 5.41) is 8.91. The molecule has 0 N–H and O–H groups in total. The van der Waals surface area contributed by atoms with Crippen LogP contribution in [0.1, 0.15) is 24.4 Å². The summed E-state index contributed by atoms with van der Waals surface area (Å²) in [7, 11) is 0. The van der Waals surface area contributed by atoms with Crippen molar-refractivity contribution in [1.82, 2.24) is 24.6 Å². The zero-order valence-corrected chi connectivity index (χ0v) is 15.4. The van der Waals surface area contributed by atoms with Crippen LogP contribution >= 0.6 is 11.3 Å². The molecule has 0 saturated carbocycles. The summed E-state index contributed by atoms with van der Waals surface area (Å²) in [4.78, 5) is 6.92. The zero-order valence-electron chi connectivity index (χ0n) is 14.5. The van der Waals surface area contributed by atoms with Crippen LogP contribution in [0.15, 0.2) is 54.0 Å². The van der Waals surface area contributed by atoms with Crippen LogP contribution < -0.4 is 0 Å². The lowest BCUT2D eigenvalue weighted by atomic mass is 10.1. The lowest BCUT2D eigenvalue weighted by Crippen LogP contribution is -2.35. The van der Waals surface area contributed by atoms with Crippen molar-refractivity contribution in [2.24, 2.45) is 0 Å². The van der Waals surface area contributed by atoms with Gasteiger partial charge in [-0.05, 0) is 24.6 Å². The average Bonchev–Trinajstić information content (AvgIpc) is 3.33. The van der Waals surface area contributed by atoms with E-state index in [1.165, 1.54) is 10.3 Å². The molecule has 2 aromatic carbocycles. The number of hydrogen-bond donors (Lipinski definition) is 0. The van der Waals surface area contributed by atoms with Crippen LogP contribution in [0.5, 0.6) is 0 Å². The van der Waals surface area contributed by atoms with Crippen LogP contribution in [0.4, 0.5) is 0 Å². The monoisotopic (exact) mass is 361 g/mol. The summed E-state index contributed by atoms with van der Waals surface area (Å²) >= 11 is 1.69. The summed E-state index contributed by atoms with van der Waals surface area (Å²) in [5.41, 5.74) is 5.43. The fourth-order valence-corrected chi connectivity index (χ4v) is 4.31. The Bertz CT molecular complexity index is 1050. The number of nitrogens with zero attached hydrogens (tertiary/aromatic N) is 5. The first-order valence-corrected chi connectivity index (χ1v) is 9.72. The fourth-order valence-electron chi connectivity index (χ4n) is 3.65. The van der Waals surface area contributed by atoms with Crippen molar-refractivity contribution in [2.45, 2.75) is 26.1 Å². The Morgan fingerprint density at radius 2 is 1.92 bits per heavy atom. The molecule has 1 atom stereocenters. The summed E-state index contributed by atoms with van der Waals surface area (Å²) in [6.45, 7) is 4.98. The largest absolute Gasteiger partial charge is 0.309 e. The van der Waals surface area contributed by atoms with E-state index in [-0.39, 0.29) is 0 Å². The van der Waals surface area contributed by atoms with Crippen LogP contribution in [0.25, 0.3) is 21.6 Å². The van der Waals surface area contributed by atoms with E-state index >= 15 is 0 Å². The van der Waals surface area contributed by atoms with Gasteiger partial charge in [-0.3, -0.25) is 4.90 Å². The predicted octanol–water partition coefficient (Wildman–Crippen LogP) is 4.13. The van der Waals surface area contributed by atoms with Crippen LogP contribution in [-0.4, -0.2) is 31.2 Å². The van der Waals surface area contributed by atoms with Crippen molar-refractivity contribution in [3.8, 4) is 11.4 Å². The van der Waals surface area contributed by atoms with Gasteiger partial charge in [0.2, 0.25) is 0 Å². The number of rotatable bonds is 3. The maximum Gasteiger partial charge on any atom is 0.164 e. The molecule has 0 aliphatic carbocycles. The Hall–Kier alpha value is -2.57. The Labute approximate surface area is 155 Å². The van der Waals surface area contributed by atoms with Crippen LogP contribution in [-0.2, 0) is 13.1 Å². The first-order valence-electron chi connectivity index (χ1n) is 8.84. The number of fused-ring (bicyclic) bond motifs is 2. The lowest BCUT2D eigenvalue weighted by Gasteiger charge is -2.33. The van der Waals surface area contributed by atoms with E-state index in [1.807, 2.05) is 23.7 Å². The van der Waals surface area contributed by atoms with E-state index in [0.717, 1.165) is 42.4 Å². The lowest BCUT2D eigenvalue weighted by molar-refractivity contribution is 0.164. The molecule has 4 aromatic rings. The molecule has 1 aliphatic rings. The van der Waals surface area contributed by atoms with Gasteiger partial charge in [-0.2, -0.15) is 0 Å². The molecule has 6 heteroatoms. The second-order valence-electron chi connectivity index (χ2n) is 6.68. The van der Waals surface area contributed by atoms with Gasteiger partial charge in [-0.15, -0.1) is 21.5 Å². The van der Waals surface area contributed by atoms with Crippen LogP contribution in [0.3, 0.4) is 0 Å². The zero-order chi connectivity index (χ0) is 17.5. The second kappa shape index (κ2) is 6.30. The molecule has 0 bridgehead atoms. The molecule has 3 heterocycles. The number of hydrogen-bond acceptors (Lipinski definition) is 5. The second-order valence-corrected chi connectivity index (χ2v) is 7.57. The van der Waals surface area contributed by atoms with Crippen LogP contribution in [0, 0.1) is 0 Å². The third-order valence-electron chi connectivity index (χ3n) is 5.20. The van der Waals surface area contributed by atoms with Gasteiger partial charge in [0.25, 0.3) is 0 Å². The molecule has 1 aliphatic heterocycles. The van der Waals surface area contributed by atoms with Gasteiger partial charge >= 0.3 is 0 Å². The van der Waals surface area contributed by atoms with Gasteiger partial charge in [-0.25, -0.2) is 4.98 Å². The summed E-state index contributed by atoms with van der Waals surface area (Å²) in [6.07, 6.45) is 0. The Kier molecular flexibility index (Phi) is 3.80. The van der Waals surface area contributed by atoms with Gasteiger partial charge in [-0.1, -0.05) is 36.4 Å². The summed E-state index contributed by atoms with van der Waals surface area (Å²) < 4.78 is 3.49. The first kappa shape index (κ1) is 15.7. The number of thiazole rings is 1. The molecule has 26 heavy (non-hydrogen) atoms. The van der Waals surface area contributed by atoms with Crippen molar-refractivity contribution in [3.05, 3.63) is 65.4 Å². The summed E-state index contributed by atoms with van der Waals surface area (Å²) in [5.74, 6) is 2.01.